The number of methoxy groups -OCH3 is 1. The van der Waals surface area contributed by atoms with E-state index in [0.29, 0.717) is 5.82 Å². The number of ether oxygens (including phenoxy) is 1. The van der Waals surface area contributed by atoms with E-state index in [2.05, 4.69) is 24.1 Å². The molecular formula is C17H29N3O. The third-order valence-corrected chi connectivity index (χ3v) is 4.82. The minimum Gasteiger partial charge on any atom is -0.383 e. The smallest absolute Gasteiger partial charge is 0.128 e. The number of hydrogen-bond donors (Lipinski definition) is 2. The molecule has 0 radical (unpaired) electrons. The predicted molar refractivity (Wildman–Crippen MR) is 87.2 cm³/mol. The Balaban J connectivity index is 2.45. The number of likely N-dealkylation sites (N-methyl/N-ethyl adjacent to an activating group) is 1. The molecule has 4 nitrogen and oxygen atoms in total. The third-order valence-electron chi connectivity index (χ3n) is 4.82. The zero-order chi connectivity index (χ0) is 15.3. The highest BCUT2D eigenvalue weighted by Gasteiger charge is 2.41. The Kier molecular flexibility index (Phi) is 5.59. The fourth-order valence-electron chi connectivity index (χ4n) is 3.66. The number of aryl methyl sites for hydroxylation is 1. The fraction of sp³-hybridized carbons (Fsp3) is 0.706. The number of nitrogens with two attached hydrogens (primary N) is 1. The SMILES string of the molecule is CCNC(c1c(C)ccnc1N)C1(OC)CCCCCC1. The highest BCUT2D eigenvalue weighted by molar-refractivity contribution is 5.47. The van der Waals surface area contributed by atoms with Crippen LogP contribution in [0, 0.1) is 6.92 Å². The molecular weight excluding hydrogens is 262 g/mol. The van der Waals surface area contributed by atoms with Gasteiger partial charge in [-0.2, -0.15) is 0 Å². The highest BCUT2D eigenvalue weighted by atomic mass is 16.5. The summed E-state index contributed by atoms with van der Waals surface area (Å²) in [7, 11) is 1.84. The van der Waals surface area contributed by atoms with Gasteiger partial charge in [-0.05, 0) is 37.9 Å². The Morgan fingerprint density at radius 1 is 1.33 bits per heavy atom. The monoisotopic (exact) mass is 291 g/mol. The van der Waals surface area contributed by atoms with Crippen LogP contribution < -0.4 is 11.1 Å². The average Bonchev–Trinajstić information content (AvgIpc) is 2.72. The van der Waals surface area contributed by atoms with Crippen molar-refractivity contribution in [2.45, 2.75) is 64.0 Å². The second kappa shape index (κ2) is 7.23. The summed E-state index contributed by atoms with van der Waals surface area (Å²) in [4.78, 5) is 4.31. The summed E-state index contributed by atoms with van der Waals surface area (Å²) < 4.78 is 6.09. The summed E-state index contributed by atoms with van der Waals surface area (Å²) in [5, 5.41) is 3.62. The van der Waals surface area contributed by atoms with Gasteiger partial charge in [0.05, 0.1) is 11.6 Å². The van der Waals surface area contributed by atoms with Gasteiger partial charge in [0.1, 0.15) is 5.82 Å². The zero-order valence-corrected chi connectivity index (χ0v) is 13.6. The van der Waals surface area contributed by atoms with Crippen LogP contribution in [-0.2, 0) is 4.74 Å². The van der Waals surface area contributed by atoms with Crippen LogP contribution in [0.3, 0.4) is 0 Å². The summed E-state index contributed by atoms with van der Waals surface area (Å²) >= 11 is 0. The minimum absolute atomic E-state index is 0.110. The van der Waals surface area contributed by atoms with Gasteiger partial charge in [-0.15, -0.1) is 0 Å². The number of pyridine rings is 1. The van der Waals surface area contributed by atoms with Gasteiger partial charge in [0, 0.05) is 18.9 Å². The van der Waals surface area contributed by atoms with Crippen LogP contribution in [0.1, 0.15) is 62.6 Å². The van der Waals surface area contributed by atoms with Gasteiger partial charge in [-0.1, -0.05) is 32.6 Å². The van der Waals surface area contributed by atoms with Crippen molar-refractivity contribution in [1.82, 2.24) is 10.3 Å². The van der Waals surface area contributed by atoms with E-state index in [1.165, 1.54) is 31.2 Å². The fourth-order valence-corrected chi connectivity index (χ4v) is 3.66. The van der Waals surface area contributed by atoms with Crippen molar-refractivity contribution in [1.29, 1.82) is 0 Å². The van der Waals surface area contributed by atoms with Gasteiger partial charge in [-0.3, -0.25) is 0 Å². The molecule has 21 heavy (non-hydrogen) atoms. The molecule has 2 rings (SSSR count). The van der Waals surface area contributed by atoms with Crippen LogP contribution in [0.4, 0.5) is 5.82 Å². The van der Waals surface area contributed by atoms with Crippen LogP contribution in [0.2, 0.25) is 0 Å². The molecule has 1 aromatic heterocycles. The van der Waals surface area contributed by atoms with Crippen molar-refractivity contribution in [2.75, 3.05) is 19.4 Å². The molecule has 1 heterocycles. The first-order valence-corrected chi connectivity index (χ1v) is 8.14. The molecule has 1 atom stereocenters. The lowest BCUT2D eigenvalue weighted by Gasteiger charge is -2.40. The van der Waals surface area contributed by atoms with Crippen molar-refractivity contribution in [3.05, 3.63) is 23.4 Å². The Morgan fingerprint density at radius 3 is 2.52 bits per heavy atom. The maximum Gasteiger partial charge on any atom is 0.128 e. The number of anilines is 1. The molecule has 1 fully saturated rings. The summed E-state index contributed by atoms with van der Waals surface area (Å²) in [6.45, 7) is 5.14. The number of nitrogens with zero attached hydrogens (tertiary/aromatic N) is 1. The molecule has 0 aromatic carbocycles. The Bertz CT molecular complexity index is 433. The normalized spacial score (nSPS) is 20.0. The maximum absolute atomic E-state index is 6.21. The van der Waals surface area contributed by atoms with Crippen LogP contribution in [0.25, 0.3) is 0 Å². The number of nitrogens with one attached hydrogen (secondary N) is 1. The van der Waals surface area contributed by atoms with Crippen molar-refractivity contribution < 1.29 is 4.74 Å². The van der Waals surface area contributed by atoms with Gasteiger partial charge in [0.25, 0.3) is 0 Å². The molecule has 1 aliphatic carbocycles. The Hall–Kier alpha value is -1.13. The molecule has 0 saturated heterocycles. The number of aromatic nitrogens is 1. The first kappa shape index (κ1) is 16.2. The van der Waals surface area contributed by atoms with E-state index in [4.69, 9.17) is 10.5 Å². The van der Waals surface area contributed by atoms with Gasteiger partial charge < -0.3 is 15.8 Å². The summed E-state index contributed by atoms with van der Waals surface area (Å²) in [5.41, 5.74) is 8.34. The maximum atomic E-state index is 6.21. The van der Waals surface area contributed by atoms with Gasteiger partial charge in [-0.25, -0.2) is 4.98 Å². The van der Waals surface area contributed by atoms with E-state index >= 15 is 0 Å². The zero-order valence-electron chi connectivity index (χ0n) is 13.6. The number of nitrogen functional groups attached to an aromatic ring is 1. The molecule has 0 aliphatic heterocycles. The van der Waals surface area contributed by atoms with Crippen LogP contribution in [0.5, 0.6) is 0 Å². The second-order valence-electron chi connectivity index (χ2n) is 6.10. The standard InChI is InChI=1S/C17H29N3O/c1-4-19-15(14-13(2)9-12-20-16(14)18)17(21-3)10-7-5-6-8-11-17/h9,12,15,19H,4-8,10-11H2,1-3H3,(H2,18,20). The van der Waals surface area contributed by atoms with Crippen molar-refractivity contribution >= 4 is 5.82 Å². The highest BCUT2D eigenvalue weighted by Crippen LogP contribution is 2.42. The van der Waals surface area contributed by atoms with Crippen LogP contribution in [0.15, 0.2) is 12.3 Å². The van der Waals surface area contributed by atoms with Crippen LogP contribution >= 0.6 is 0 Å². The molecule has 4 heteroatoms. The van der Waals surface area contributed by atoms with E-state index in [1.807, 2.05) is 13.2 Å². The molecule has 1 saturated carbocycles. The third kappa shape index (κ3) is 3.38. The summed E-state index contributed by atoms with van der Waals surface area (Å²) in [6.07, 6.45) is 8.97. The van der Waals surface area contributed by atoms with Crippen LogP contribution in [-0.4, -0.2) is 24.2 Å². The summed E-state index contributed by atoms with van der Waals surface area (Å²) in [5.74, 6) is 0.627. The lowest BCUT2D eigenvalue weighted by atomic mass is 9.81. The minimum atomic E-state index is -0.172. The van der Waals surface area contributed by atoms with Gasteiger partial charge >= 0.3 is 0 Å². The Labute approximate surface area is 128 Å². The van der Waals surface area contributed by atoms with E-state index in [9.17, 15) is 0 Å². The average molecular weight is 291 g/mol. The molecule has 118 valence electrons. The lowest BCUT2D eigenvalue weighted by molar-refractivity contribution is -0.0537. The largest absolute Gasteiger partial charge is 0.383 e. The van der Waals surface area contributed by atoms with Crippen molar-refractivity contribution in [3.63, 3.8) is 0 Å². The van der Waals surface area contributed by atoms with E-state index < -0.39 is 0 Å². The molecule has 0 amide bonds. The molecule has 1 aliphatic rings. The quantitative estimate of drug-likeness (QED) is 0.817. The first-order chi connectivity index (χ1) is 10.1. The topological polar surface area (TPSA) is 60.2 Å². The molecule has 3 N–H and O–H groups in total. The molecule has 0 bridgehead atoms. The number of rotatable bonds is 5. The van der Waals surface area contributed by atoms with Crippen molar-refractivity contribution in [2.24, 2.45) is 0 Å². The van der Waals surface area contributed by atoms with E-state index in [1.54, 1.807) is 6.20 Å². The second-order valence-corrected chi connectivity index (χ2v) is 6.10. The van der Waals surface area contributed by atoms with Crippen molar-refractivity contribution in [3.8, 4) is 0 Å². The predicted octanol–water partition coefficient (Wildman–Crippen LogP) is 3.36. The molecule has 1 unspecified atom stereocenters. The molecule has 0 spiro atoms. The van der Waals surface area contributed by atoms with E-state index in [0.717, 1.165) is 24.9 Å². The van der Waals surface area contributed by atoms with Gasteiger partial charge in [0.2, 0.25) is 0 Å². The summed E-state index contributed by atoms with van der Waals surface area (Å²) in [6, 6.07) is 2.15. The lowest BCUT2D eigenvalue weighted by Crippen LogP contribution is -2.46. The number of hydrogen-bond acceptors (Lipinski definition) is 4. The molecule has 1 aromatic rings. The first-order valence-electron chi connectivity index (χ1n) is 8.14. The Morgan fingerprint density at radius 2 is 2.00 bits per heavy atom. The van der Waals surface area contributed by atoms with E-state index in [-0.39, 0.29) is 11.6 Å². The van der Waals surface area contributed by atoms with Gasteiger partial charge in [0.15, 0.2) is 0 Å².